The van der Waals surface area contributed by atoms with E-state index in [0.717, 1.165) is 29.9 Å². The number of rotatable bonds is 4. The molecule has 0 aromatic heterocycles. The Morgan fingerprint density at radius 3 is 2.95 bits per heavy atom. The molecule has 1 unspecified atom stereocenters. The summed E-state index contributed by atoms with van der Waals surface area (Å²) >= 11 is 0. The summed E-state index contributed by atoms with van der Waals surface area (Å²) in [6, 6.07) is 7.65. The molecular weight excluding hydrogens is 252 g/mol. The van der Waals surface area contributed by atoms with Gasteiger partial charge in [0.05, 0.1) is 0 Å². The Balaban J connectivity index is 1.81. The highest BCUT2D eigenvalue weighted by Crippen LogP contribution is 2.20. The number of aryl methyl sites for hydroxylation is 1. The van der Waals surface area contributed by atoms with E-state index in [4.69, 9.17) is 4.74 Å². The molecule has 1 amide bonds. The zero-order chi connectivity index (χ0) is 14.4. The Morgan fingerprint density at radius 2 is 2.20 bits per heavy atom. The molecule has 1 aromatic rings. The van der Waals surface area contributed by atoms with Gasteiger partial charge in [0.1, 0.15) is 5.75 Å². The summed E-state index contributed by atoms with van der Waals surface area (Å²) in [5.74, 6) is 1.00. The van der Waals surface area contributed by atoms with Gasteiger partial charge in [-0.3, -0.25) is 4.79 Å². The maximum atomic E-state index is 11.7. The number of carbonyl (C=O) groups is 1. The van der Waals surface area contributed by atoms with E-state index in [-0.39, 0.29) is 12.5 Å². The topological polar surface area (TPSA) is 50.7 Å². The van der Waals surface area contributed by atoms with E-state index in [9.17, 15) is 4.79 Å². The van der Waals surface area contributed by atoms with Gasteiger partial charge in [0.2, 0.25) is 0 Å². The van der Waals surface area contributed by atoms with Crippen molar-refractivity contribution in [3.8, 4) is 5.75 Å². The molecule has 1 aromatic carbocycles. The SMILES string of the molecule is Cc1ccccc1OCC(=O)N/N=C1/CCCCC1C. The van der Waals surface area contributed by atoms with Crippen molar-refractivity contribution >= 4 is 11.6 Å². The number of nitrogens with one attached hydrogen (secondary N) is 1. The van der Waals surface area contributed by atoms with Gasteiger partial charge in [0.15, 0.2) is 6.61 Å². The van der Waals surface area contributed by atoms with Crippen LogP contribution in [0.3, 0.4) is 0 Å². The second-order valence-corrected chi connectivity index (χ2v) is 5.34. The third kappa shape index (κ3) is 4.08. The number of para-hydroxylation sites is 1. The van der Waals surface area contributed by atoms with Crippen LogP contribution in [0.1, 0.15) is 38.2 Å². The van der Waals surface area contributed by atoms with E-state index in [1.54, 1.807) is 0 Å². The van der Waals surface area contributed by atoms with Crippen LogP contribution in [0, 0.1) is 12.8 Å². The number of ether oxygens (including phenoxy) is 1. The predicted molar refractivity (Wildman–Crippen MR) is 79.9 cm³/mol. The zero-order valence-corrected chi connectivity index (χ0v) is 12.2. The lowest BCUT2D eigenvalue weighted by molar-refractivity contribution is -0.123. The lowest BCUT2D eigenvalue weighted by atomic mass is 9.89. The fourth-order valence-electron chi connectivity index (χ4n) is 2.36. The molecular formula is C16H22N2O2. The lowest BCUT2D eigenvalue weighted by Crippen LogP contribution is -2.28. The molecule has 4 heteroatoms. The summed E-state index contributed by atoms with van der Waals surface area (Å²) < 4.78 is 5.48. The predicted octanol–water partition coefficient (Wildman–Crippen LogP) is 3.06. The molecule has 1 atom stereocenters. The van der Waals surface area contributed by atoms with E-state index < -0.39 is 0 Å². The first-order valence-electron chi connectivity index (χ1n) is 7.20. The molecule has 0 spiro atoms. The molecule has 1 saturated carbocycles. The third-order valence-corrected chi connectivity index (χ3v) is 3.67. The number of carbonyl (C=O) groups excluding carboxylic acids is 1. The van der Waals surface area contributed by atoms with Crippen molar-refractivity contribution in [2.75, 3.05) is 6.61 Å². The monoisotopic (exact) mass is 274 g/mol. The van der Waals surface area contributed by atoms with Gasteiger partial charge < -0.3 is 4.74 Å². The molecule has 20 heavy (non-hydrogen) atoms. The average Bonchev–Trinajstić information content (AvgIpc) is 2.45. The van der Waals surface area contributed by atoms with Crippen molar-refractivity contribution in [3.05, 3.63) is 29.8 Å². The average molecular weight is 274 g/mol. The highest BCUT2D eigenvalue weighted by atomic mass is 16.5. The van der Waals surface area contributed by atoms with Crippen LogP contribution in [0.15, 0.2) is 29.4 Å². The fourth-order valence-corrected chi connectivity index (χ4v) is 2.36. The van der Waals surface area contributed by atoms with Crippen molar-refractivity contribution in [1.82, 2.24) is 5.43 Å². The molecule has 1 aliphatic carbocycles. The van der Waals surface area contributed by atoms with E-state index in [1.165, 1.54) is 12.8 Å². The number of hydrogen-bond acceptors (Lipinski definition) is 3. The van der Waals surface area contributed by atoms with Gasteiger partial charge in [-0.15, -0.1) is 0 Å². The molecule has 108 valence electrons. The Morgan fingerprint density at radius 1 is 1.40 bits per heavy atom. The van der Waals surface area contributed by atoms with Gasteiger partial charge in [0, 0.05) is 5.71 Å². The second kappa shape index (κ2) is 7.08. The van der Waals surface area contributed by atoms with Gasteiger partial charge >= 0.3 is 0 Å². The van der Waals surface area contributed by atoms with Crippen molar-refractivity contribution in [2.24, 2.45) is 11.0 Å². The molecule has 0 aliphatic heterocycles. The Hall–Kier alpha value is -1.84. The summed E-state index contributed by atoms with van der Waals surface area (Å²) in [6.45, 7) is 4.11. The Kier molecular flexibility index (Phi) is 5.16. The summed E-state index contributed by atoms with van der Waals surface area (Å²) in [7, 11) is 0. The van der Waals surface area contributed by atoms with Crippen molar-refractivity contribution in [1.29, 1.82) is 0 Å². The standard InChI is InChI=1S/C16H22N2O2/c1-12-7-3-5-9-14(12)17-18-16(19)11-20-15-10-6-4-8-13(15)2/h4,6,8,10,12H,3,5,7,9,11H2,1-2H3,(H,18,19)/b17-14-. The molecule has 0 saturated heterocycles. The van der Waals surface area contributed by atoms with Crippen LogP contribution in [0.2, 0.25) is 0 Å². The van der Waals surface area contributed by atoms with E-state index in [1.807, 2.05) is 31.2 Å². The van der Waals surface area contributed by atoms with Crippen molar-refractivity contribution < 1.29 is 9.53 Å². The molecule has 0 heterocycles. The van der Waals surface area contributed by atoms with Crippen LogP contribution in [0.25, 0.3) is 0 Å². The van der Waals surface area contributed by atoms with Crippen LogP contribution >= 0.6 is 0 Å². The number of amides is 1. The van der Waals surface area contributed by atoms with Gasteiger partial charge in [-0.1, -0.05) is 31.5 Å². The second-order valence-electron chi connectivity index (χ2n) is 5.34. The highest BCUT2D eigenvalue weighted by molar-refractivity contribution is 5.88. The fraction of sp³-hybridized carbons (Fsp3) is 0.500. The number of nitrogens with zero attached hydrogens (tertiary/aromatic N) is 1. The van der Waals surface area contributed by atoms with Crippen LogP contribution in [0.4, 0.5) is 0 Å². The lowest BCUT2D eigenvalue weighted by Gasteiger charge is -2.19. The van der Waals surface area contributed by atoms with Gasteiger partial charge in [0.25, 0.3) is 5.91 Å². The highest BCUT2D eigenvalue weighted by Gasteiger charge is 2.16. The molecule has 1 aliphatic rings. The normalized spacial score (nSPS) is 20.7. The molecule has 0 bridgehead atoms. The first-order chi connectivity index (χ1) is 9.66. The smallest absolute Gasteiger partial charge is 0.277 e. The zero-order valence-electron chi connectivity index (χ0n) is 12.2. The maximum absolute atomic E-state index is 11.7. The molecule has 0 radical (unpaired) electrons. The largest absolute Gasteiger partial charge is 0.483 e. The summed E-state index contributed by atoms with van der Waals surface area (Å²) in [5, 5.41) is 4.24. The maximum Gasteiger partial charge on any atom is 0.277 e. The van der Waals surface area contributed by atoms with E-state index >= 15 is 0 Å². The third-order valence-electron chi connectivity index (χ3n) is 3.67. The van der Waals surface area contributed by atoms with Crippen molar-refractivity contribution in [3.63, 3.8) is 0 Å². The van der Waals surface area contributed by atoms with E-state index in [2.05, 4.69) is 17.5 Å². The Labute approximate surface area is 120 Å². The van der Waals surface area contributed by atoms with E-state index in [0.29, 0.717) is 5.92 Å². The molecule has 1 N–H and O–H groups in total. The molecule has 2 rings (SSSR count). The summed E-state index contributed by atoms with van der Waals surface area (Å²) in [4.78, 5) is 11.7. The van der Waals surface area contributed by atoms with Gasteiger partial charge in [-0.2, -0.15) is 5.10 Å². The first-order valence-corrected chi connectivity index (χ1v) is 7.20. The quantitative estimate of drug-likeness (QED) is 0.858. The number of benzene rings is 1. The van der Waals surface area contributed by atoms with Gasteiger partial charge in [-0.05, 0) is 43.7 Å². The number of hydrogen-bond donors (Lipinski definition) is 1. The molecule has 1 fully saturated rings. The van der Waals surface area contributed by atoms with Crippen LogP contribution in [-0.4, -0.2) is 18.2 Å². The number of hydrazone groups is 1. The van der Waals surface area contributed by atoms with Crippen LogP contribution < -0.4 is 10.2 Å². The van der Waals surface area contributed by atoms with Crippen molar-refractivity contribution in [2.45, 2.75) is 39.5 Å². The minimum atomic E-state index is -0.210. The summed E-state index contributed by atoms with van der Waals surface area (Å²) in [5.41, 5.74) is 4.72. The first kappa shape index (κ1) is 14.6. The Bertz CT molecular complexity index is 497. The minimum Gasteiger partial charge on any atom is -0.483 e. The minimum absolute atomic E-state index is 0.00395. The molecule has 4 nitrogen and oxygen atoms in total. The van der Waals surface area contributed by atoms with Crippen LogP contribution in [-0.2, 0) is 4.79 Å². The summed E-state index contributed by atoms with van der Waals surface area (Å²) in [6.07, 6.45) is 4.57. The van der Waals surface area contributed by atoms with Gasteiger partial charge in [-0.25, -0.2) is 5.43 Å². The van der Waals surface area contributed by atoms with Crippen LogP contribution in [0.5, 0.6) is 5.75 Å².